The summed E-state index contributed by atoms with van der Waals surface area (Å²) in [5.41, 5.74) is 0.911. The number of benzene rings is 3. The highest BCUT2D eigenvalue weighted by molar-refractivity contribution is 5.90. The van der Waals surface area contributed by atoms with E-state index in [1.807, 2.05) is 0 Å². The minimum atomic E-state index is -1.32. The van der Waals surface area contributed by atoms with Gasteiger partial charge in [0.2, 0.25) is 0 Å². The third kappa shape index (κ3) is 6.32. The van der Waals surface area contributed by atoms with Crippen LogP contribution in [0.25, 0.3) is 0 Å². The number of aliphatic hydroxyl groups excluding tert-OH is 1. The van der Waals surface area contributed by atoms with Crippen LogP contribution in [0.4, 0.5) is 0 Å². The van der Waals surface area contributed by atoms with Crippen molar-refractivity contribution in [1.82, 2.24) is 0 Å². The Balaban J connectivity index is 1.53. The molecule has 35 heavy (non-hydrogen) atoms. The fourth-order valence-corrected chi connectivity index (χ4v) is 3.67. The molecule has 3 aromatic carbocycles. The summed E-state index contributed by atoms with van der Waals surface area (Å²) >= 11 is 0. The summed E-state index contributed by atoms with van der Waals surface area (Å²) in [5, 5.41) is 10.3. The van der Waals surface area contributed by atoms with Crippen LogP contribution in [0, 0.1) is 0 Å². The second-order valence-electron chi connectivity index (χ2n) is 7.88. The molecular formula is C27H24O8. The monoisotopic (exact) mass is 476 g/mol. The fourth-order valence-electron chi connectivity index (χ4n) is 3.67. The SMILES string of the molecule is O=C(OC[C@H]1O[C@@H](O)C[C@H](OC(=O)c2ccccc2)[C@@H]1OC(=O)c1ccccc1)c1ccccc1. The van der Waals surface area contributed by atoms with E-state index >= 15 is 0 Å². The van der Waals surface area contributed by atoms with E-state index < -0.39 is 42.5 Å². The molecule has 3 aromatic rings. The second kappa shape index (κ2) is 11.4. The quantitative estimate of drug-likeness (QED) is 0.408. The number of hydrogen-bond acceptors (Lipinski definition) is 8. The van der Waals surface area contributed by atoms with Crippen molar-refractivity contribution >= 4 is 17.9 Å². The first-order valence-corrected chi connectivity index (χ1v) is 11.1. The lowest BCUT2D eigenvalue weighted by Crippen LogP contribution is -2.54. The van der Waals surface area contributed by atoms with Crippen LogP contribution in [-0.4, -0.2) is 54.2 Å². The molecule has 0 spiro atoms. The predicted molar refractivity (Wildman–Crippen MR) is 124 cm³/mol. The second-order valence-corrected chi connectivity index (χ2v) is 7.88. The average molecular weight is 476 g/mol. The van der Waals surface area contributed by atoms with Gasteiger partial charge in [-0.15, -0.1) is 0 Å². The molecule has 1 fully saturated rings. The number of rotatable bonds is 7. The molecule has 1 saturated heterocycles. The molecule has 8 nitrogen and oxygen atoms in total. The largest absolute Gasteiger partial charge is 0.459 e. The van der Waals surface area contributed by atoms with Gasteiger partial charge in [0, 0.05) is 6.42 Å². The highest BCUT2D eigenvalue weighted by atomic mass is 16.7. The molecule has 0 unspecified atom stereocenters. The van der Waals surface area contributed by atoms with Crippen LogP contribution in [0.5, 0.6) is 0 Å². The molecular weight excluding hydrogens is 452 g/mol. The Labute approximate surface area is 202 Å². The molecule has 1 N–H and O–H groups in total. The molecule has 4 rings (SSSR count). The Morgan fingerprint density at radius 2 is 1.17 bits per heavy atom. The molecule has 1 heterocycles. The van der Waals surface area contributed by atoms with Gasteiger partial charge in [-0.3, -0.25) is 0 Å². The van der Waals surface area contributed by atoms with Gasteiger partial charge in [0.1, 0.15) is 18.8 Å². The van der Waals surface area contributed by atoms with Gasteiger partial charge in [0.25, 0.3) is 0 Å². The van der Waals surface area contributed by atoms with E-state index in [-0.39, 0.29) is 18.6 Å². The van der Waals surface area contributed by atoms with E-state index in [0.717, 1.165) is 0 Å². The van der Waals surface area contributed by atoms with Gasteiger partial charge in [0.05, 0.1) is 16.7 Å². The molecule has 4 atom stereocenters. The smallest absolute Gasteiger partial charge is 0.338 e. The minimum absolute atomic E-state index is 0.131. The molecule has 180 valence electrons. The van der Waals surface area contributed by atoms with Crippen molar-refractivity contribution in [3.63, 3.8) is 0 Å². The lowest BCUT2D eigenvalue weighted by molar-refractivity contribution is -0.239. The number of carbonyl (C=O) groups excluding carboxylic acids is 3. The predicted octanol–water partition coefficient (Wildman–Crippen LogP) is 3.40. The van der Waals surface area contributed by atoms with E-state index in [0.29, 0.717) is 11.1 Å². The molecule has 0 bridgehead atoms. The zero-order valence-electron chi connectivity index (χ0n) is 18.7. The summed E-state index contributed by atoms with van der Waals surface area (Å²) in [4.78, 5) is 38.0. The van der Waals surface area contributed by atoms with Crippen molar-refractivity contribution in [2.75, 3.05) is 6.61 Å². The molecule has 0 saturated carbocycles. The number of carbonyl (C=O) groups is 3. The van der Waals surface area contributed by atoms with Crippen LogP contribution >= 0.6 is 0 Å². The van der Waals surface area contributed by atoms with Gasteiger partial charge in [-0.2, -0.15) is 0 Å². The first kappa shape index (κ1) is 24.1. The zero-order valence-corrected chi connectivity index (χ0v) is 18.7. The zero-order chi connectivity index (χ0) is 24.6. The molecule has 8 heteroatoms. The Hall–Kier alpha value is -4.01. The Kier molecular flexibility index (Phi) is 7.87. The summed E-state index contributed by atoms with van der Waals surface area (Å²) in [6.07, 6.45) is -4.71. The van der Waals surface area contributed by atoms with E-state index in [4.69, 9.17) is 18.9 Å². The van der Waals surface area contributed by atoms with Gasteiger partial charge in [-0.05, 0) is 36.4 Å². The minimum Gasteiger partial charge on any atom is -0.459 e. The number of hydrogen-bond donors (Lipinski definition) is 1. The van der Waals surface area contributed by atoms with Crippen LogP contribution in [0.2, 0.25) is 0 Å². The van der Waals surface area contributed by atoms with Gasteiger partial charge >= 0.3 is 17.9 Å². The Morgan fingerprint density at radius 1 is 0.714 bits per heavy atom. The molecule has 0 amide bonds. The summed E-state index contributed by atoms with van der Waals surface area (Å²) in [7, 11) is 0. The summed E-state index contributed by atoms with van der Waals surface area (Å²) in [6.45, 7) is -0.336. The molecule has 0 aromatic heterocycles. The van der Waals surface area contributed by atoms with Crippen molar-refractivity contribution in [3.8, 4) is 0 Å². The van der Waals surface area contributed by atoms with E-state index in [1.54, 1.807) is 91.0 Å². The van der Waals surface area contributed by atoms with Gasteiger partial charge in [-0.25, -0.2) is 14.4 Å². The van der Waals surface area contributed by atoms with E-state index in [1.165, 1.54) is 0 Å². The molecule has 1 aliphatic heterocycles. The number of aliphatic hydroxyl groups is 1. The van der Waals surface area contributed by atoms with Crippen LogP contribution in [0.3, 0.4) is 0 Å². The average Bonchev–Trinajstić information content (AvgIpc) is 2.90. The highest BCUT2D eigenvalue weighted by Crippen LogP contribution is 2.27. The fraction of sp³-hybridized carbons (Fsp3) is 0.222. The summed E-state index contributed by atoms with van der Waals surface area (Å²) in [6, 6.07) is 24.9. The van der Waals surface area contributed by atoms with Gasteiger partial charge < -0.3 is 24.1 Å². The van der Waals surface area contributed by atoms with Gasteiger partial charge in [0.15, 0.2) is 12.4 Å². The highest BCUT2D eigenvalue weighted by Gasteiger charge is 2.44. The first-order chi connectivity index (χ1) is 17.0. The number of ether oxygens (including phenoxy) is 4. The molecule has 1 aliphatic rings. The Morgan fingerprint density at radius 3 is 1.69 bits per heavy atom. The third-order valence-corrected chi connectivity index (χ3v) is 5.41. The van der Waals surface area contributed by atoms with Crippen molar-refractivity contribution in [2.45, 2.75) is 31.0 Å². The topological polar surface area (TPSA) is 108 Å². The standard InChI is InChI=1S/C27H24O8/c28-23-16-21(34-26(30)19-12-6-2-7-13-19)24(35-27(31)20-14-8-3-9-15-20)22(33-23)17-32-25(29)18-10-4-1-5-11-18/h1-15,21-24,28H,16-17H2/t21-,22+,23+,24-/m0/s1. The normalized spacial score (nSPS) is 21.5. The molecule has 0 aliphatic carbocycles. The van der Waals surface area contributed by atoms with E-state index in [9.17, 15) is 19.5 Å². The summed E-state index contributed by atoms with van der Waals surface area (Å²) < 4.78 is 22.2. The lowest BCUT2D eigenvalue weighted by Gasteiger charge is -2.38. The van der Waals surface area contributed by atoms with Crippen molar-refractivity contribution in [3.05, 3.63) is 108 Å². The van der Waals surface area contributed by atoms with Crippen LogP contribution < -0.4 is 0 Å². The maximum Gasteiger partial charge on any atom is 0.338 e. The Bertz CT molecular complexity index is 1130. The maximum absolute atomic E-state index is 12.8. The summed E-state index contributed by atoms with van der Waals surface area (Å²) in [5.74, 6) is -1.93. The van der Waals surface area contributed by atoms with E-state index in [2.05, 4.69) is 0 Å². The van der Waals surface area contributed by atoms with Crippen molar-refractivity contribution < 1.29 is 38.4 Å². The first-order valence-electron chi connectivity index (χ1n) is 11.1. The van der Waals surface area contributed by atoms with Crippen LogP contribution in [0.15, 0.2) is 91.0 Å². The lowest BCUT2D eigenvalue weighted by atomic mass is 10.0. The van der Waals surface area contributed by atoms with Crippen LogP contribution in [-0.2, 0) is 18.9 Å². The van der Waals surface area contributed by atoms with Crippen molar-refractivity contribution in [1.29, 1.82) is 0 Å². The molecule has 0 radical (unpaired) electrons. The van der Waals surface area contributed by atoms with Crippen molar-refractivity contribution in [2.24, 2.45) is 0 Å². The van der Waals surface area contributed by atoms with Gasteiger partial charge in [-0.1, -0.05) is 54.6 Å². The maximum atomic E-state index is 12.8. The number of esters is 3. The van der Waals surface area contributed by atoms with Crippen LogP contribution in [0.1, 0.15) is 37.5 Å². The third-order valence-electron chi connectivity index (χ3n) is 5.41.